The first-order valence-electron chi connectivity index (χ1n) is 7.38. The lowest BCUT2D eigenvalue weighted by Crippen LogP contribution is -2.30. The molecule has 5 nitrogen and oxygen atoms in total. The Morgan fingerprint density at radius 3 is 3.05 bits per heavy atom. The summed E-state index contributed by atoms with van der Waals surface area (Å²) in [7, 11) is 2.02. The third kappa shape index (κ3) is 3.02. The minimum absolute atomic E-state index is 0.0111. The van der Waals surface area contributed by atoms with E-state index in [1.807, 2.05) is 19.4 Å². The van der Waals surface area contributed by atoms with Gasteiger partial charge in [0, 0.05) is 30.2 Å². The molecule has 1 saturated carbocycles. The van der Waals surface area contributed by atoms with Crippen LogP contribution in [0, 0.1) is 12.8 Å². The molecule has 2 unspecified atom stereocenters. The van der Waals surface area contributed by atoms with Crippen LogP contribution in [0.2, 0.25) is 0 Å². The maximum absolute atomic E-state index is 12.1. The molecular weight excluding hydrogens is 286 g/mol. The Kier molecular flexibility index (Phi) is 4.10. The van der Waals surface area contributed by atoms with E-state index in [0.29, 0.717) is 12.5 Å². The zero-order chi connectivity index (χ0) is 15.0. The summed E-state index contributed by atoms with van der Waals surface area (Å²) < 4.78 is 1.65. The van der Waals surface area contributed by atoms with E-state index in [2.05, 4.69) is 9.88 Å². The first-order chi connectivity index (χ1) is 10.0. The van der Waals surface area contributed by atoms with Crippen LogP contribution >= 0.6 is 11.3 Å². The number of aliphatic hydroxyl groups is 1. The Morgan fingerprint density at radius 2 is 2.33 bits per heavy atom. The molecule has 0 saturated heterocycles. The summed E-state index contributed by atoms with van der Waals surface area (Å²) in [6.45, 7) is 3.41. The van der Waals surface area contributed by atoms with Crippen molar-refractivity contribution < 1.29 is 5.11 Å². The van der Waals surface area contributed by atoms with Gasteiger partial charge in [0.25, 0.3) is 5.56 Å². The number of fused-ring (bicyclic) bond motifs is 1. The lowest BCUT2D eigenvalue weighted by Gasteiger charge is -2.22. The first kappa shape index (κ1) is 14.7. The minimum Gasteiger partial charge on any atom is -0.393 e. The molecule has 2 atom stereocenters. The molecule has 2 heterocycles. The molecule has 1 N–H and O–H groups in total. The molecule has 3 rings (SSSR count). The SMILES string of the molecule is Cc1csc2nc(CN(C)CC3CCCC3O)cc(=O)n12. The van der Waals surface area contributed by atoms with E-state index in [4.69, 9.17) is 0 Å². The fourth-order valence-electron chi connectivity index (χ4n) is 3.15. The molecule has 114 valence electrons. The third-order valence-corrected chi connectivity index (χ3v) is 5.17. The average Bonchev–Trinajstić information content (AvgIpc) is 2.97. The summed E-state index contributed by atoms with van der Waals surface area (Å²) in [5, 5.41) is 11.8. The van der Waals surface area contributed by atoms with E-state index in [-0.39, 0.29) is 11.7 Å². The lowest BCUT2D eigenvalue weighted by molar-refractivity contribution is 0.107. The number of aliphatic hydroxyl groups excluding tert-OH is 1. The summed E-state index contributed by atoms with van der Waals surface area (Å²) in [6, 6.07) is 1.62. The van der Waals surface area contributed by atoms with Crippen LogP contribution in [0.4, 0.5) is 0 Å². The summed E-state index contributed by atoms with van der Waals surface area (Å²) in [4.78, 5) is 19.6. The summed E-state index contributed by atoms with van der Waals surface area (Å²) in [5.74, 6) is 0.351. The zero-order valence-electron chi connectivity index (χ0n) is 12.5. The number of aryl methyl sites for hydroxylation is 1. The second kappa shape index (κ2) is 5.87. The van der Waals surface area contributed by atoms with Crippen LogP contribution in [0.1, 0.15) is 30.7 Å². The van der Waals surface area contributed by atoms with E-state index in [1.54, 1.807) is 10.5 Å². The van der Waals surface area contributed by atoms with Crippen LogP contribution in [0.15, 0.2) is 16.2 Å². The van der Waals surface area contributed by atoms with Gasteiger partial charge in [0.15, 0.2) is 4.96 Å². The smallest absolute Gasteiger partial charge is 0.259 e. The number of thiazole rings is 1. The maximum Gasteiger partial charge on any atom is 0.259 e. The number of hydrogen-bond donors (Lipinski definition) is 1. The molecule has 0 bridgehead atoms. The normalized spacial score (nSPS) is 22.5. The lowest BCUT2D eigenvalue weighted by atomic mass is 10.1. The molecule has 0 spiro atoms. The van der Waals surface area contributed by atoms with Crippen LogP contribution < -0.4 is 5.56 Å². The Morgan fingerprint density at radius 1 is 1.52 bits per heavy atom. The molecule has 0 aromatic carbocycles. The largest absolute Gasteiger partial charge is 0.393 e. The molecule has 1 aliphatic carbocycles. The minimum atomic E-state index is -0.173. The van der Waals surface area contributed by atoms with Crippen molar-refractivity contribution in [1.29, 1.82) is 0 Å². The van der Waals surface area contributed by atoms with Crippen molar-refractivity contribution in [2.24, 2.45) is 5.92 Å². The van der Waals surface area contributed by atoms with Gasteiger partial charge in [-0.1, -0.05) is 6.42 Å². The fourth-order valence-corrected chi connectivity index (χ4v) is 4.04. The molecule has 2 aromatic rings. The Hall–Kier alpha value is -1.24. The summed E-state index contributed by atoms with van der Waals surface area (Å²) in [6.07, 6.45) is 2.94. The number of nitrogens with zero attached hydrogens (tertiary/aromatic N) is 3. The van der Waals surface area contributed by atoms with Crippen LogP contribution in [0.25, 0.3) is 4.96 Å². The van der Waals surface area contributed by atoms with Gasteiger partial charge in [0.1, 0.15) is 0 Å². The predicted octanol–water partition coefficient (Wildman–Crippen LogP) is 1.66. The molecule has 0 amide bonds. The van der Waals surface area contributed by atoms with Crippen LogP contribution in [-0.2, 0) is 6.54 Å². The van der Waals surface area contributed by atoms with Crippen LogP contribution in [-0.4, -0.2) is 39.1 Å². The van der Waals surface area contributed by atoms with Crippen molar-refractivity contribution in [1.82, 2.24) is 14.3 Å². The van der Waals surface area contributed by atoms with Gasteiger partial charge in [-0.05, 0) is 32.7 Å². The van der Waals surface area contributed by atoms with Crippen LogP contribution in [0.5, 0.6) is 0 Å². The third-order valence-electron chi connectivity index (χ3n) is 4.23. The molecule has 2 aromatic heterocycles. The highest BCUT2D eigenvalue weighted by atomic mass is 32.1. The van der Waals surface area contributed by atoms with Gasteiger partial charge in [-0.2, -0.15) is 0 Å². The Bertz CT molecular complexity index is 694. The number of rotatable bonds is 4. The highest BCUT2D eigenvalue weighted by Crippen LogP contribution is 2.26. The highest BCUT2D eigenvalue weighted by Gasteiger charge is 2.26. The Labute approximate surface area is 127 Å². The molecule has 0 aliphatic heterocycles. The van der Waals surface area contributed by atoms with Crippen molar-refractivity contribution in [2.45, 2.75) is 38.8 Å². The zero-order valence-corrected chi connectivity index (χ0v) is 13.3. The van der Waals surface area contributed by atoms with Crippen molar-refractivity contribution in [2.75, 3.05) is 13.6 Å². The van der Waals surface area contributed by atoms with Gasteiger partial charge >= 0.3 is 0 Å². The Balaban J connectivity index is 1.74. The van der Waals surface area contributed by atoms with Gasteiger partial charge in [0.05, 0.1) is 11.8 Å². The van der Waals surface area contributed by atoms with Gasteiger partial charge in [-0.3, -0.25) is 9.20 Å². The van der Waals surface area contributed by atoms with Gasteiger partial charge in [0.2, 0.25) is 0 Å². The second-order valence-electron chi connectivity index (χ2n) is 6.04. The standard InChI is InChI=1S/C15H21N3O2S/c1-10-9-21-15-16-12(6-14(20)18(10)15)8-17(2)7-11-4-3-5-13(11)19/h6,9,11,13,19H,3-5,7-8H2,1-2H3. The summed E-state index contributed by atoms with van der Waals surface area (Å²) in [5.41, 5.74) is 1.72. The van der Waals surface area contributed by atoms with Crippen molar-refractivity contribution in [3.8, 4) is 0 Å². The monoisotopic (exact) mass is 307 g/mol. The fraction of sp³-hybridized carbons (Fsp3) is 0.600. The average molecular weight is 307 g/mol. The van der Waals surface area contributed by atoms with Gasteiger partial charge < -0.3 is 10.0 Å². The quantitative estimate of drug-likeness (QED) is 0.933. The molecule has 6 heteroatoms. The number of aromatic nitrogens is 2. The van der Waals surface area contributed by atoms with Gasteiger partial charge in [-0.25, -0.2) is 4.98 Å². The first-order valence-corrected chi connectivity index (χ1v) is 8.26. The van der Waals surface area contributed by atoms with E-state index < -0.39 is 0 Å². The molecule has 1 fully saturated rings. The van der Waals surface area contributed by atoms with E-state index in [9.17, 15) is 9.90 Å². The van der Waals surface area contributed by atoms with Gasteiger partial charge in [-0.15, -0.1) is 11.3 Å². The van der Waals surface area contributed by atoms with Crippen LogP contribution in [0.3, 0.4) is 0 Å². The highest BCUT2D eigenvalue weighted by molar-refractivity contribution is 7.15. The number of hydrogen-bond acceptors (Lipinski definition) is 5. The van der Waals surface area contributed by atoms with Crippen molar-refractivity contribution >= 4 is 16.3 Å². The van der Waals surface area contributed by atoms with E-state index >= 15 is 0 Å². The molecule has 0 radical (unpaired) electrons. The molecule has 1 aliphatic rings. The second-order valence-corrected chi connectivity index (χ2v) is 6.87. The molecular formula is C15H21N3O2S. The van der Waals surface area contributed by atoms with E-state index in [1.165, 1.54) is 11.3 Å². The van der Waals surface area contributed by atoms with Crippen molar-refractivity contribution in [3.63, 3.8) is 0 Å². The van der Waals surface area contributed by atoms with E-state index in [0.717, 1.165) is 42.2 Å². The molecule has 21 heavy (non-hydrogen) atoms. The maximum atomic E-state index is 12.1. The predicted molar refractivity (Wildman–Crippen MR) is 83.8 cm³/mol. The summed E-state index contributed by atoms with van der Waals surface area (Å²) >= 11 is 1.50. The van der Waals surface area contributed by atoms with Crippen molar-refractivity contribution in [3.05, 3.63) is 33.2 Å². The topological polar surface area (TPSA) is 57.8 Å².